The Morgan fingerprint density at radius 2 is 1.77 bits per heavy atom. The number of benzene rings is 3. The molecule has 6 nitrogen and oxygen atoms in total. The number of anilines is 2. The molecule has 0 aliphatic carbocycles. The highest BCUT2D eigenvalue weighted by Crippen LogP contribution is 2.52. The van der Waals surface area contributed by atoms with Gasteiger partial charge in [-0.2, -0.15) is 0 Å². The largest absolute Gasteiger partial charge is 0.508 e. The van der Waals surface area contributed by atoms with E-state index in [9.17, 15) is 9.90 Å². The van der Waals surface area contributed by atoms with Crippen LogP contribution in [0, 0.1) is 13.8 Å². The number of nitrogens with zero attached hydrogens (tertiary/aromatic N) is 3. The van der Waals surface area contributed by atoms with E-state index in [1.165, 1.54) is 11.8 Å². The minimum Gasteiger partial charge on any atom is -0.508 e. The van der Waals surface area contributed by atoms with Gasteiger partial charge in [-0.15, -0.1) is 0 Å². The van der Waals surface area contributed by atoms with Crippen molar-refractivity contribution in [2.45, 2.75) is 25.7 Å². The third kappa shape index (κ3) is 4.28. The average molecular weight is 504 g/mol. The Kier molecular flexibility index (Phi) is 6.25. The molecule has 2 aliphatic heterocycles. The molecule has 2 heterocycles. The van der Waals surface area contributed by atoms with Crippen molar-refractivity contribution in [3.8, 4) is 11.5 Å². The fourth-order valence-corrected chi connectivity index (χ4v) is 6.48. The number of amidine groups is 1. The maximum absolute atomic E-state index is 13.9. The topological polar surface area (TPSA) is 65.4 Å². The van der Waals surface area contributed by atoms with Crippen LogP contribution >= 0.6 is 23.5 Å². The quantitative estimate of drug-likeness (QED) is 0.406. The second-order valence-corrected chi connectivity index (χ2v) is 10.3. The minimum absolute atomic E-state index is 0.134. The molecular formula is C27H25N3O3S2. The number of thioether (sulfide) groups is 2. The first-order chi connectivity index (χ1) is 16.9. The highest BCUT2D eigenvalue weighted by atomic mass is 32.2. The van der Waals surface area contributed by atoms with Crippen LogP contribution < -0.4 is 14.5 Å². The van der Waals surface area contributed by atoms with Gasteiger partial charge in [-0.05, 0) is 80.6 Å². The van der Waals surface area contributed by atoms with Crippen LogP contribution in [0.2, 0.25) is 0 Å². The van der Waals surface area contributed by atoms with Crippen molar-refractivity contribution in [1.82, 2.24) is 0 Å². The number of methoxy groups -OCH3 is 1. The van der Waals surface area contributed by atoms with E-state index in [0.29, 0.717) is 22.3 Å². The van der Waals surface area contributed by atoms with E-state index in [1.54, 1.807) is 48.0 Å². The maximum atomic E-state index is 13.9. The van der Waals surface area contributed by atoms with Gasteiger partial charge in [-0.3, -0.25) is 9.69 Å². The molecule has 1 N–H and O–H groups in total. The number of hydrogen-bond acceptors (Lipinski definition) is 7. The molecule has 1 saturated heterocycles. The number of aliphatic imine (C=N–C) groups is 1. The van der Waals surface area contributed by atoms with Crippen molar-refractivity contribution in [2.75, 3.05) is 23.5 Å². The number of phenols is 1. The molecule has 0 aromatic heterocycles. The normalized spacial score (nSPS) is 18.5. The van der Waals surface area contributed by atoms with Gasteiger partial charge in [0.1, 0.15) is 21.4 Å². The highest BCUT2D eigenvalue weighted by Gasteiger charge is 2.40. The standard InChI is InChI=1S/C27H25N3O3S2/c1-5-29-22-15-20(33-4)11-13-23(22)34-26(29)24-25(32)30(18-7-9-19(31)10-8-18)27(35-24)28-21-12-6-16(2)14-17(21)3/h6-15,31H,5H2,1-4H3. The van der Waals surface area contributed by atoms with Crippen LogP contribution in [0.1, 0.15) is 18.1 Å². The van der Waals surface area contributed by atoms with Crippen LogP contribution in [-0.2, 0) is 4.79 Å². The van der Waals surface area contributed by atoms with E-state index in [0.717, 1.165) is 38.2 Å². The number of carbonyl (C=O) groups is 1. The van der Waals surface area contributed by atoms with Crippen LogP contribution in [0.15, 0.2) is 80.5 Å². The lowest BCUT2D eigenvalue weighted by Gasteiger charge is -2.19. The van der Waals surface area contributed by atoms with Crippen molar-refractivity contribution in [2.24, 2.45) is 4.99 Å². The average Bonchev–Trinajstić information content (AvgIpc) is 3.37. The summed E-state index contributed by atoms with van der Waals surface area (Å²) in [6, 6.07) is 18.7. The molecule has 5 rings (SSSR count). The van der Waals surface area contributed by atoms with Crippen LogP contribution in [0.3, 0.4) is 0 Å². The van der Waals surface area contributed by atoms with Crippen molar-refractivity contribution < 1.29 is 14.6 Å². The number of rotatable bonds is 4. The second-order valence-electron chi connectivity index (χ2n) is 8.26. The van der Waals surface area contributed by atoms with Gasteiger partial charge in [0.15, 0.2) is 5.17 Å². The molecule has 2 aliphatic rings. The fraction of sp³-hybridized carbons (Fsp3) is 0.185. The number of fused-ring (bicyclic) bond motifs is 1. The molecule has 1 fully saturated rings. The predicted octanol–water partition coefficient (Wildman–Crippen LogP) is 6.59. The molecule has 178 valence electrons. The lowest BCUT2D eigenvalue weighted by atomic mass is 10.1. The summed E-state index contributed by atoms with van der Waals surface area (Å²) < 4.78 is 5.43. The van der Waals surface area contributed by atoms with Gasteiger partial charge in [-0.1, -0.05) is 29.5 Å². The molecule has 1 amide bonds. The van der Waals surface area contributed by atoms with E-state index in [2.05, 4.69) is 17.9 Å². The van der Waals surface area contributed by atoms with E-state index in [-0.39, 0.29) is 11.7 Å². The monoisotopic (exact) mass is 503 g/mol. The highest BCUT2D eigenvalue weighted by molar-refractivity contribution is 8.20. The Morgan fingerprint density at radius 1 is 1.00 bits per heavy atom. The van der Waals surface area contributed by atoms with Gasteiger partial charge in [0.25, 0.3) is 5.91 Å². The number of aryl methyl sites for hydroxylation is 2. The zero-order chi connectivity index (χ0) is 24.7. The van der Waals surface area contributed by atoms with E-state index in [4.69, 9.17) is 9.73 Å². The zero-order valence-corrected chi connectivity index (χ0v) is 21.5. The van der Waals surface area contributed by atoms with Crippen LogP contribution in [0.4, 0.5) is 17.1 Å². The number of hydrogen-bond donors (Lipinski definition) is 1. The summed E-state index contributed by atoms with van der Waals surface area (Å²) in [6.07, 6.45) is 0. The van der Waals surface area contributed by atoms with Gasteiger partial charge >= 0.3 is 0 Å². The van der Waals surface area contributed by atoms with Gasteiger partial charge in [-0.25, -0.2) is 4.99 Å². The van der Waals surface area contributed by atoms with Gasteiger partial charge in [0.05, 0.1) is 24.2 Å². The Bertz CT molecular complexity index is 1380. The summed E-state index contributed by atoms with van der Waals surface area (Å²) in [4.78, 5) is 24.3. The van der Waals surface area contributed by atoms with Crippen molar-refractivity contribution >= 4 is 51.7 Å². The van der Waals surface area contributed by atoms with E-state index < -0.39 is 0 Å². The number of aromatic hydroxyl groups is 1. The van der Waals surface area contributed by atoms with Crippen LogP contribution in [0.25, 0.3) is 0 Å². The molecular weight excluding hydrogens is 478 g/mol. The summed E-state index contributed by atoms with van der Waals surface area (Å²) >= 11 is 2.97. The molecule has 0 spiro atoms. The lowest BCUT2D eigenvalue weighted by molar-refractivity contribution is -0.113. The molecule has 0 saturated carbocycles. The van der Waals surface area contributed by atoms with Crippen molar-refractivity contribution in [1.29, 1.82) is 0 Å². The molecule has 0 bridgehead atoms. The fourth-order valence-electron chi connectivity index (χ4n) is 4.11. The van der Waals surface area contributed by atoms with Gasteiger partial charge in [0, 0.05) is 17.5 Å². The lowest BCUT2D eigenvalue weighted by Crippen LogP contribution is -2.29. The molecule has 0 radical (unpaired) electrons. The minimum atomic E-state index is -0.134. The summed E-state index contributed by atoms with van der Waals surface area (Å²) in [6.45, 7) is 6.85. The van der Waals surface area contributed by atoms with Gasteiger partial charge < -0.3 is 14.7 Å². The molecule has 3 aromatic carbocycles. The zero-order valence-electron chi connectivity index (χ0n) is 19.9. The Balaban J connectivity index is 1.63. The number of amides is 1. The third-order valence-corrected chi connectivity index (χ3v) is 8.22. The number of carbonyl (C=O) groups excluding carboxylic acids is 1. The van der Waals surface area contributed by atoms with Crippen molar-refractivity contribution in [3.63, 3.8) is 0 Å². The first-order valence-electron chi connectivity index (χ1n) is 11.2. The summed E-state index contributed by atoms with van der Waals surface area (Å²) in [5.41, 5.74) is 4.71. The van der Waals surface area contributed by atoms with E-state index in [1.807, 2.05) is 44.2 Å². The van der Waals surface area contributed by atoms with Crippen LogP contribution in [-0.4, -0.2) is 29.8 Å². The smallest absolute Gasteiger partial charge is 0.274 e. The summed E-state index contributed by atoms with van der Waals surface area (Å²) in [5, 5.41) is 11.3. The first-order valence-corrected chi connectivity index (χ1v) is 12.9. The molecule has 3 aromatic rings. The second kappa shape index (κ2) is 9.36. The SMILES string of the molecule is CCN1C(=C2SC(=Nc3ccc(C)cc3C)N(c3ccc(O)cc3)C2=O)Sc2ccc(OC)cc21. The molecule has 0 atom stereocenters. The Hall–Kier alpha value is -3.36. The molecule has 8 heteroatoms. The predicted molar refractivity (Wildman–Crippen MR) is 145 cm³/mol. The molecule has 35 heavy (non-hydrogen) atoms. The van der Waals surface area contributed by atoms with Crippen LogP contribution in [0.5, 0.6) is 11.5 Å². The maximum Gasteiger partial charge on any atom is 0.274 e. The summed E-state index contributed by atoms with van der Waals surface area (Å²) in [5.74, 6) is 0.791. The van der Waals surface area contributed by atoms with Crippen molar-refractivity contribution in [3.05, 3.63) is 81.7 Å². The van der Waals surface area contributed by atoms with Gasteiger partial charge in [0.2, 0.25) is 0 Å². The first kappa shape index (κ1) is 23.4. The third-order valence-electron chi connectivity index (χ3n) is 5.88. The summed E-state index contributed by atoms with van der Waals surface area (Å²) in [7, 11) is 1.65. The van der Waals surface area contributed by atoms with E-state index >= 15 is 0 Å². The molecule has 0 unspecified atom stereocenters. The Morgan fingerprint density at radius 3 is 2.46 bits per heavy atom. The number of phenolic OH excluding ortho intramolecular Hbond substituents is 1. The Labute approximate surface area is 213 Å². The number of ether oxygens (including phenoxy) is 1.